The first-order valence-corrected chi connectivity index (χ1v) is 10.9. The van der Waals surface area contributed by atoms with Gasteiger partial charge < -0.3 is 14.0 Å². The van der Waals surface area contributed by atoms with Crippen LogP contribution in [0.1, 0.15) is 13.2 Å². The molecule has 0 bridgehead atoms. The Morgan fingerprint density at radius 2 is 2.06 bits per heavy atom. The molecule has 1 aliphatic rings. The van der Waals surface area contributed by atoms with Gasteiger partial charge in [0.2, 0.25) is 0 Å². The topological polar surface area (TPSA) is 138 Å². The predicted molar refractivity (Wildman–Crippen MR) is 110 cm³/mol. The molecular formula is C19H21FN3O8P. The van der Waals surface area contributed by atoms with E-state index in [-0.39, 0.29) is 12.4 Å². The van der Waals surface area contributed by atoms with E-state index in [1.54, 1.807) is 12.2 Å². The van der Waals surface area contributed by atoms with Gasteiger partial charge in [0.1, 0.15) is 12.1 Å². The highest BCUT2D eigenvalue weighted by atomic mass is 31.2. The van der Waals surface area contributed by atoms with Crippen molar-refractivity contribution in [1.82, 2.24) is 14.6 Å². The lowest BCUT2D eigenvalue weighted by atomic mass is 10.3. The number of para-hydroxylation sites is 1. The van der Waals surface area contributed by atoms with E-state index >= 15 is 0 Å². The molecule has 4 atom stereocenters. The van der Waals surface area contributed by atoms with Gasteiger partial charge in [-0.15, -0.1) is 0 Å². The zero-order valence-corrected chi connectivity index (χ0v) is 18.0. The second kappa shape index (κ2) is 10.0. The lowest BCUT2D eigenvalue weighted by Gasteiger charge is -2.24. The molecule has 1 aliphatic heterocycles. The summed E-state index contributed by atoms with van der Waals surface area (Å²) in [4.78, 5) is 37.0. The van der Waals surface area contributed by atoms with E-state index in [4.69, 9.17) is 13.8 Å². The van der Waals surface area contributed by atoms with Crippen LogP contribution in [0.2, 0.25) is 0 Å². The second-order valence-corrected chi connectivity index (χ2v) is 8.35. The van der Waals surface area contributed by atoms with Crippen LogP contribution in [0.15, 0.2) is 58.3 Å². The van der Waals surface area contributed by atoms with Crippen molar-refractivity contribution in [2.75, 3.05) is 13.7 Å². The number of carbonyl (C=O) groups excluding carboxylic acids is 1. The SMILES string of the molecule is COC(=O)[C@H](C)NP(=O)(OC[C@@H]1C=C[C@H](n2ccc(=O)[nH]c2=O)O1)Oc1ccccc1F. The first-order chi connectivity index (χ1) is 15.2. The Labute approximate surface area is 181 Å². The van der Waals surface area contributed by atoms with E-state index in [9.17, 15) is 23.3 Å². The van der Waals surface area contributed by atoms with Gasteiger partial charge in [-0.1, -0.05) is 18.2 Å². The summed E-state index contributed by atoms with van der Waals surface area (Å²) in [6, 6.07) is 5.33. The number of halogens is 1. The average molecular weight is 469 g/mol. The Hall–Kier alpha value is -3.05. The summed E-state index contributed by atoms with van der Waals surface area (Å²) in [5, 5.41) is 2.40. The smallest absolute Gasteiger partial charge is 0.459 e. The molecule has 32 heavy (non-hydrogen) atoms. The molecule has 0 amide bonds. The molecule has 2 N–H and O–H groups in total. The molecule has 0 aliphatic carbocycles. The number of hydrogen-bond donors (Lipinski definition) is 2. The predicted octanol–water partition coefficient (Wildman–Crippen LogP) is 1.48. The van der Waals surface area contributed by atoms with Crippen molar-refractivity contribution in [3.63, 3.8) is 0 Å². The van der Waals surface area contributed by atoms with Crippen LogP contribution in [0.25, 0.3) is 0 Å². The summed E-state index contributed by atoms with van der Waals surface area (Å²) in [6.07, 6.45) is 2.78. The van der Waals surface area contributed by atoms with E-state index in [0.717, 1.165) is 23.8 Å². The van der Waals surface area contributed by atoms with Crippen LogP contribution in [0.4, 0.5) is 4.39 Å². The minimum atomic E-state index is -4.27. The lowest BCUT2D eigenvalue weighted by molar-refractivity contribution is -0.142. The van der Waals surface area contributed by atoms with Gasteiger partial charge in [0.05, 0.1) is 13.7 Å². The van der Waals surface area contributed by atoms with E-state index in [0.29, 0.717) is 0 Å². The third kappa shape index (κ3) is 5.80. The molecule has 3 rings (SSSR count). The molecule has 2 aromatic rings. The van der Waals surface area contributed by atoms with Crippen LogP contribution in [0.3, 0.4) is 0 Å². The van der Waals surface area contributed by atoms with Crippen LogP contribution in [0.5, 0.6) is 5.75 Å². The Morgan fingerprint density at radius 1 is 1.31 bits per heavy atom. The van der Waals surface area contributed by atoms with Crippen molar-refractivity contribution in [1.29, 1.82) is 0 Å². The van der Waals surface area contributed by atoms with Crippen molar-refractivity contribution in [3.05, 3.63) is 75.3 Å². The quantitative estimate of drug-likeness (QED) is 0.318. The third-order valence-corrected chi connectivity index (χ3v) is 5.93. The molecule has 1 aromatic heterocycles. The first kappa shape index (κ1) is 23.6. The fraction of sp³-hybridized carbons (Fsp3) is 0.316. The first-order valence-electron chi connectivity index (χ1n) is 9.40. The van der Waals surface area contributed by atoms with Crippen LogP contribution >= 0.6 is 7.75 Å². The van der Waals surface area contributed by atoms with Gasteiger partial charge in [0.15, 0.2) is 17.8 Å². The molecule has 0 radical (unpaired) electrons. The summed E-state index contributed by atoms with van der Waals surface area (Å²) in [5.41, 5.74) is -1.22. The Morgan fingerprint density at radius 3 is 2.75 bits per heavy atom. The standard InChI is InChI=1S/C19H21FN3O8P/c1-12(18(25)28-2)22-32(27,31-15-6-4-3-5-14(15)20)29-11-13-7-8-17(30-13)23-10-9-16(24)21-19(23)26/h3-10,12-13,17H,11H2,1-2H3,(H,22,27)(H,21,24,26)/t12-,13-,17+,32?/m0/s1. The van der Waals surface area contributed by atoms with Gasteiger partial charge in [0.25, 0.3) is 5.56 Å². The number of hydrogen-bond acceptors (Lipinski definition) is 8. The number of carbonyl (C=O) groups is 1. The molecule has 11 nitrogen and oxygen atoms in total. The molecular weight excluding hydrogens is 448 g/mol. The highest BCUT2D eigenvalue weighted by Gasteiger charge is 2.34. The summed E-state index contributed by atoms with van der Waals surface area (Å²) >= 11 is 0. The number of ether oxygens (including phenoxy) is 2. The van der Waals surface area contributed by atoms with E-state index < -0.39 is 49.2 Å². The maximum Gasteiger partial charge on any atom is 0.459 e. The maximum absolute atomic E-state index is 14.0. The van der Waals surface area contributed by atoms with Crippen LogP contribution < -0.4 is 20.9 Å². The number of nitrogens with zero attached hydrogens (tertiary/aromatic N) is 1. The summed E-state index contributed by atoms with van der Waals surface area (Å²) in [5.74, 6) is -1.86. The summed E-state index contributed by atoms with van der Waals surface area (Å²) in [7, 11) is -3.12. The molecule has 172 valence electrons. The zero-order valence-electron chi connectivity index (χ0n) is 17.1. The Bertz CT molecular complexity index is 1160. The molecule has 13 heteroatoms. The second-order valence-electron chi connectivity index (χ2n) is 6.66. The molecule has 2 heterocycles. The molecule has 1 unspecified atom stereocenters. The lowest BCUT2D eigenvalue weighted by Crippen LogP contribution is -2.35. The number of benzene rings is 1. The van der Waals surface area contributed by atoms with Crippen LogP contribution in [-0.4, -0.2) is 41.4 Å². The summed E-state index contributed by atoms with van der Waals surface area (Å²) < 4.78 is 49.3. The van der Waals surface area contributed by atoms with Crippen molar-refractivity contribution >= 4 is 13.7 Å². The molecule has 0 fully saturated rings. The average Bonchev–Trinajstić information content (AvgIpc) is 3.22. The monoisotopic (exact) mass is 469 g/mol. The number of esters is 1. The Balaban J connectivity index is 1.71. The van der Waals surface area contributed by atoms with Gasteiger partial charge >= 0.3 is 19.4 Å². The highest BCUT2D eigenvalue weighted by Crippen LogP contribution is 2.46. The maximum atomic E-state index is 14.0. The van der Waals surface area contributed by atoms with Gasteiger partial charge in [-0.3, -0.25) is 23.7 Å². The van der Waals surface area contributed by atoms with Gasteiger partial charge in [0, 0.05) is 12.3 Å². The van der Waals surface area contributed by atoms with Crippen LogP contribution in [0, 0.1) is 5.82 Å². The minimum absolute atomic E-state index is 0.322. The number of aromatic nitrogens is 2. The highest BCUT2D eigenvalue weighted by molar-refractivity contribution is 7.52. The number of rotatable bonds is 9. The van der Waals surface area contributed by atoms with Crippen LogP contribution in [-0.2, 0) is 23.4 Å². The van der Waals surface area contributed by atoms with E-state index in [2.05, 4.69) is 14.8 Å². The molecule has 0 saturated carbocycles. The van der Waals surface area contributed by atoms with Gasteiger partial charge in [-0.25, -0.2) is 13.8 Å². The fourth-order valence-electron chi connectivity index (χ4n) is 2.75. The van der Waals surface area contributed by atoms with Gasteiger partial charge in [-0.05, 0) is 25.1 Å². The Kier molecular flexibility index (Phi) is 7.41. The van der Waals surface area contributed by atoms with Crippen molar-refractivity contribution in [3.8, 4) is 5.75 Å². The van der Waals surface area contributed by atoms with Crippen molar-refractivity contribution < 1.29 is 32.3 Å². The normalized spacial score (nSPS) is 20.5. The zero-order chi connectivity index (χ0) is 23.3. The molecule has 1 aromatic carbocycles. The van der Waals surface area contributed by atoms with Crippen molar-refractivity contribution in [2.45, 2.75) is 25.3 Å². The fourth-order valence-corrected chi connectivity index (χ4v) is 4.26. The number of aromatic amines is 1. The van der Waals surface area contributed by atoms with E-state index in [1.165, 1.54) is 31.3 Å². The van der Waals surface area contributed by atoms with E-state index in [1.807, 2.05) is 0 Å². The number of methoxy groups -OCH3 is 1. The van der Waals surface area contributed by atoms with Gasteiger partial charge in [-0.2, -0.15) is 5.09 Å². The third-order valence-electron chi connectivity index (χ3n) is 4.30. The number of H-pyrrole nitrogens is 1. The summed E-state index contributed by atoms with van der Waals surface area (Å²) in [6.45, 7) is 1.05. The molecule has 0 spiro atoms. The molecule has 0 saturated heterocycles. The van der Waals surface area contributed by atoms with Crippen molar-refractivity contribution in [2.24, 2.45) is 0 Å². The largest absolute Gasteiger partial charge is 0.468 e. The minimum Gasteiger partial charge on any atom is -0.468 e. The number of nitrogens with one attached hydrogen (secondary N) is 2.